The molecule has 0 radical (unpaired) electrons. The molecule has 7 rings (SSSR count). The maximum Gasteiger partial charge on any atom is 0.338 e. The maximum atomic E-state index is 11.7. The number of halogens is 6. The highest BCUT2D eigenvalue weighted by Gasteiger charge is 2.22. The van der Waals surface area contributed by atoms with E-state index in [1.165, 1.54) is 32.5 Å². The number of aryl methyl sites for hydroxylation is 1. The Morgan fingerprint density at radius 2 is 1.13 bits per heavy atom. The third-order valence-corrected chi connectivity index (χ3v) is 12.3. The minimum absolute atomic E-state index is 0.131. The Labute approximate surface area is 449 Å². The third-order valence-electron chi connectivity index (χ3n) is 10.5. The van der Waals surface area contributed by atoms with Gasteiger partial charge in [-0.2, -0.15) is 0 Å². The molecule has 382 valence electrons. The van der Waals surface area contributed by atoms with Crippen LogP contribution in [0.1, 0.15) is 87.8 Å². The monoisotopic (exact) mass is 1140 g/mol. The molecule has 71 heavy (non-hydrogen) atoms. The van der Waals surface area contributed by atoms with Crippen molar-refractivity contribution in [2.75, 3.05) is 68.7 Å². The van der Waals surface area contributed by atoms with E-state index in [-0.39, 0.29) is 36.3 Å². The molecular weight excluding hydrogens is 1080 g/mol. The zero-order valence-electron chi connectivity index (χ0n) is 40.8. The van der Waals surface area contributed by atoms with E-state index in [0.717, 1.165) is 46.9 Å². The number of nitrogens with zero attached hydrogens (tertiary/aromatic N) is 3. The fourth-order valence-electron chi connectivity index (χ4n) is 7.23. The number of ketones is 1. The van der Waals surface area contributed by atoms with Crippen molar-refractivity contribution in [2.24, 2.45) is 5.73 Å². The number of rotatable bonds is 9. The summed E-state index contributed by atoms with van der Waals surface area (Å²) in [6, 6.07) is 26.6. The third kappa shape index (κ3) is 19.8. The number of fused-ring (bicyclic) bond motifs is 2. The molecule has 0 saturated carbocycles. The van der Waals surface area contributed by atoms with Gasteiger partial charge >= 0.3 is 23.9 Å². The van der Waals surface area contributed by atoms with E-state index >= 15 is 0 Å². The molecule has 13 nitrogen and oxygen atoms in total. The average Bonchev–Trinajstić information content (AvgIpc) is 3.31. The molecule has 0 aliphatic carbocycles. The fraction of sp³-hybridized carbons (Fsp3) is 0.327. The first-order valence-electron chi connectivity index (χ1n) is 21.9. The summed E-state index contributed by atoms with van der Waals surface area (Å²) in [6.07, 6.45) is 0. The maximum absolute atomic E-state index is 11.7. The van der Waals surface area contributed by atoms with Crippen molar-refractivity contribution in [1.82, 2.24) is 14.7 Å². The molecule has 1 unspecified atom stereocenters. The van der Waals surface area contributed by atoms with Crippen molar-refractivity contribution in [1.29, 1.82) is 0 Å². The Morgan fingerprint density at radius 3 is 1.68 bits per heavy atom. The minimum Gasteiger partial charge on any atom is -0.465 e. The van der Waals surface area contributed by atoms with Crippen LogP contribution in [0.4, 0.5) is 0 Å². The molecule has 0 fully saturated rings. The lowest BCUT2D eigenvalue weighted by Crippen LogP contribution is -2.34. The highest BCUT2D eigenvalue weighted by atomic mass is 79.9. The molecule has 19 heteroatoms. The molecule has 0 spiro atoms. The number of hydrogen-bond acceptors (Lipinski definition) is 13. The molecule has 0 amide bonds. The van der Waals surface area contributed by atoms with Crippen molar-refractivity contribution in [2.45, 2.75) is 44.9 Å². The molecule has 2 N–H and O–H groups in total. The summed E-state index contributed by atoms with van der Waals surface area (Å²) in [7, 11) is 9.80. The summed E-state index contributed by atoms with van der Waals surface area (Å²) in [5.41, 5.74) is 14.3. The molecule has 2 aliphatic heterocycles. The number of carbonyl (C=O) groups excluding carboxylic acids is 5. The van der Waals surface area contributed by atoms with Crippen LogP contribution in [0, 0.1) is 6.92 Å². The van der Waals surface area contributed by atoms with Crippen molar-refractivity contribution in [3.8, 4) is 0 Å². The Kier molecular flexibility index (Phi) is 26.0. The molecular formula is C52H58BrCl5N4O9. The largest absolute Gasteiger partial charge is 0.465 e. The minimum atomic E-state index is -0.429. The second-order valence-corrected chi connectivity index (χ2v) is 18.9. The molecule has 2 aliphatic rings. The van der Waals surface area contributed by atoms with Gasteiger partial charge in [-0.1, -0.05) is 80.0 Å². The number of likely N-dealkylation sites (N-methyl/N-ethyl adjacent to an activating group) is 3. The van der Waals surface area contributed by atoms with Crippen LogP contribution in [0.5, 0.6) is 0 Å². The molecule has 5 aromatic rings. The number of carbonyl (C=O) groups is 5. The van der Waals surface area contributed by atoms with Crippen molar-refractivity contribution in [3.63, 3.8) is 0 Å². The number of hydrogen-bond donors (Lipinski definition) is 1. The predicted octanol–water partition coefficient (Wildman–Crippen LogP) is 11.3. The molecule has 5 aromatic carbocycles. The molecule has 0 bridgehead atoms. The number of methoxy groups -OCH3 is 3. The SMILES string of the molecule is CCOC(=O)CN(C)Cc1cc(Cl)ccc1C(=O)OC.CN1CC(=O)c2ccc(Cl)cc2C1.CN1Cc2cc(Cl)ccc2C(N)C1.COC(=O)c1ccc(Cl)cc1C.COC(=O)c1ccc(Cl)cc1CBr. The Hall–Kier alpha value is -4.58. The van der Waals surface area contributed by atoms with Gasteiger partial charge in [0.1, 0.15) is 0 Å². The summed E-state index contributed by atoms with van der Waals surface area (Å²) < 4.78 is 18.8. The van der Waals surface area contributed by atoms with Gasteiger partial charge in [0.05, 0.1) is 57.7 Å². The molecule has 0 saturated heterocycles. The fourth-order valence-corrected chi connectivity index (χ4v) is 8.70. The van der Waals surface area contributed by atoms with Crippen molar-refractivity contribution >= 4 is 104 Å². The van der Waals surface area contributed by atoms with Gasteiger partial charge in [-0.3, -0.25) is 19.4 Å². The number of Topliss-reactive ketones (excluding diaryl/α,β-unsaturated/α-hetero) is 1. The van der Waals surface area contributed by atoms with E-state index in [0.29, 0.717) is 67.4 Å². The highest BCUT2D eigenvalue weighted by molar-refractivity contribution is 9.08. The van der Waals surface area contributed by atoms with Gasteiger partial charge in [-0.25, -0.2) is 14.4 Å². The highest BCUT2D eigenvalue weighted by Crippen LogP contribution is 2.27. The van der Waals surface area contributed by atoms with Crippen LogP contribution in [0.2, 0.25) is 25.1 Å². The van der Waals surface area contributed by atoms with Gasteiger partial charge in [-0.15, -0.1) is 0 Å². The van der Waals surface area contributed by atoms with E-state index in [1.807, 2.05) is 49.2 Å². The van der Waals surface area contributed by atoms with Crippen LogP contribution >= 0.6 is 73.9 Å². The predicted molar refractivity (Wildman–Crippen MR) is 286 cm³/mol. The number of nitrogens with two attached hydrogens (primary N) is 1. The zero-order chi connectivity index (χ0) is 52.9. The van der Waals surface area contributed by atoms with Crippen LogP contribution in [0.15, 0.2) is 91.0 Å². The summed E-state index contributed by atoms with van der Waals surface area (Å²) in [6.45, 7) is 7.64. The van der Waals surface area contributed by atoms with E-state index in [1.54, 1.807) is 79.5 Å². The summed E-state index contributed by atoms with van der Waals surface area (Å²) >= 11 is 32.5. The standard InChI is InChI=1S/C14H18ClNO4.C10H13ClN2.C10H10ClNO.C9H8BrClO2.C9H9ClO2/c1-4-20-13(17)9-16(2)8-10-7-11(15)5-6-12(10)14(18)19-3;1-13-5-7-4-8(11)2-3-9(7)10(12)6-13;1-12-5-7-4-8(11)2-3-9(7)10(13)6-12;1-13-9(12)8-3-2-7(11)4-6(8)5-10;1-6-5-7(10)3-4-8(6)9(11)12-2/h5-7H,4,8-9H2,1-3H3;2-4,10H,5-6,12H2,1H3;2-4H,5-6H2,1H3;2-4H,5H2,1H3;3-5H,1-2H3. The van der Waals surface area contributed by atoms with E-state index in [4.69, 9.17) is 73.2 Å². The van der Waals surface area contributed by atoms with E-state index in [2.05, 4.69) is 37.4 Å². The van der Waals surface area contributed by atoms with Crippen LogP contribution in [-0.2, 0) is 48.7 Å². The van der Waals surface area contributed by atoms with E-state index in [9.17, 15) is 24.0 Å². The average molecular weight is 1140 g/mol. The lowest BCUT2D eigenvalue weighted by atomic mass is 9.96. The lowest BCUT2D eigenvalue weighted by molar-refractivity contribution is -0.144. The Balaban J connectivity index is 0.000000238. The van der Waals surface area contributed by atoms with Crippen LogP contribution in [0.3, 0.4) is 0 Å². The first-order valence-corrected chi connectivity index (χ1v) is 24.9. The Morgan fingerprint density at radius 1 is 0.662 bits per heavy atom. The van der Waals surface area contributed by atoms with Gasteiger partial charge in [-0.05, 0) is 153 Å². The van der Waals surface area contributed by atoms with Gasteiger partial charge in [0, 0.05) is 68.2 Å². The summed E-state index contributed by atoms with van der Waals surface area (Å²) in [5, 5.41) is 3.83. The number of alkyl halides is 1. The molecule has 0 aromatic heterocycles. The van der Waals surface area contributed by atoms with Crippen molar-refractivity contribution < 1.29 is 42.9 Å². The van der Waals surface area contributed by atoms with Crippen LogP contribution in [0.25, 0.3) is 0 Å². The van der Waals surface area contributed by atoms with E-state index < -0.39 is 5.97 Å². The first kappa shape index (κ1) is 60.7. The zero-order valence-corrected chi connectivity index (χ0v) is 46.1. The normalized spacial score (nSPS) is 13.7. The number of ether oxygens (including phenoxy) is 4. The van der Waals surface area contributed by atoms with Gasteiger partial charge < -0.3 is 29.6 Å². The second kappa shape index (κ2) is 30.5. The number of esters is 4. The van der Waals surface area contributed by atoms with Crippen LogP contribution < -0.4 is 5.73 Å². The quantitative estimate of drug-likeness (QED) is 0.0845. The second-order valence-electron chi connectivity index (χ2n) is 16.2. The number of benzene rings is 5. The summed E-state index contributed by atoms with van der Waals surface area (Å²) in [4.78, 5) is 62.8. The van der Waals surface area contributed by atoms with Gasteiger partial charge in [0.25, 0.3) is 0 Å². The summed E-state index contributed by atoms with van der Waals surface area (Å²) in [5.74, 6) is -1.23. The first-order chi connectivity index (χ1) is 33.6. The van der Waals surface area contributed by atoms with Gasteiger partial charge in [0.15, 0.2) is 5.78 Å². The molecule has 2 heterocycles. The van der Waals surface area contributed by atoms with Crippen LogP contribution in [-0.4, -0.2) is 113 Å². The topological polar surface area (TPSA) is 158 Å². The van der Waals surface area contributed by atoms with Crippen molar-refractivity contribution in [3.05, 3.63) is 172 Å². The smallest absolute Gasteiger partial charge is 0.338 e. The Bertz CT molecular complexity index is 2640. The molecule has 1 atom stereocenters. The van der Waals surface area contributed by atoms with Gasteiger partial charge in [0.2, 0.25) is 0 Å². The lowest BCUT2D eigenvalue weighted by Gasteiger charge is -2.29.